The van der Waals surface area contributed by atoms with Crippen LogP contribution in [0.5, 0.6) is 23.1 Å². The molecule has 1 aromatic heterocycles. The van der Waals surface area contributed by atoms with Crippen molar-refractivity contribution in [2.45, 2.75) is 19.8 Å². The van der Waals surface area contributed by atoms with Gasteiger partial charge in [-0.05, 0) is 19.8 Å². The number of aryl methyl sites for hydroxylation is 1. The largest absolute Gasteiger partial charge is 0.493 e. The minimum absolute atomic E-state index is 0.188. The molecule has 0 aliphatic carbocycles. The molecule has 9 heteroatoms. The molecule has 2 aromatic rings. The summed E-state index contributed by atoms with van der Waals surface area (Å²) < 4.78 is 21.5. The van der Waals surface area contributed by atoms with Gasteiger partial charge < -0.3 is 29.2 Å². The van der Waals surface area contributed by atoms with Gasteiger partial charge in [0.15, 0.2) is 18.1 Å². The van der Waals surface area contributed by atoms with Crippen LogP contribution in [0, 0.1) is 6.92 Å². The van der Waals surface area contributed by atoms with Crippen LogP contribution in [-0.2, 0) is 4.79 Å². The molecular formula is C20H26N4O5. The summed E-state index contributed by atoms with van der Waals surface area (Å²) in [7, 11) is 4.55. The lowest BCUT2D eigenvalue weighted by atomic mass is 10.2. The van der Waals surface area contributed by atoms with Crippen molar-refractivity contribution in [3.05, 3.63) is 23.9 Å². The van der Waals surface area contributed by atoms with Gasteiger partial charge in [-0.15, -0.1) is 0 Å². The van der Waals surface area contributed by atoms with Crippen LogP contribution in [0.3, 0.4) is 0 Å². The average Bonchev–Trinajstić information content (AvgIpc) is 3.26. The fraction of sp³-hybridized carbons (Fsp3) is 0.450. The second-order valence-electron chi connectivity index (χ2n) is 6.59. The molecule has 1 amide bonds. The maximum absolute atomic E-state index is 12.4. The van der Waals surface area contributed by atoms with Crippen molar-refractivity contribution in [1.82, 2.24) is 9.97 Å². The van der Waals surface area contributed by atoms with E-state index in [-0.39, 0.29) is 12.5 Å². The molecule has 1 aliphatic heterocycles. The number of rotatable bonds is 8. The summed E-state index contributed by atoms with van der Waals surface area (Å²) in [6.45, 7) is 3.56. The van der Waals surface area contributed by atoms with E-state index >= 15 is 0 Å². The quantitative estimate of drug-likeness (QED) is 0.719. The van der Waals surface area contributed by atoms with Gasteiger partial charge in [0.2, 0.25) is 17.6 Å². The van der Waals surface area contributed by atoms with Crippen molar-refractivity contribution < 1.29 is 23.7 Å². The van der Waals surface area contributed by atoms with Gasteiger partial charge in [-0.2, -0.15) is 4.98 Å². The number of hydrogen-bond donors (Lipinski definition) is 1. The summed E-state index contributed by atoms with van der Waals surface area (Å²) in [4.78, 5) is 23.4. The first-order chi connectivity index (χ1) is 14.0. The first-order valence-corrected chi connectivity index (χ1v) is 9.37. The topological polar surface area (TPSA) is 95.0 Å². The first-order valence-electron chi connectivity index (χ1n) is 9.37. The van der Waals surface area contributed by atoms with Gasteiger partial charge in [-0.25, -0.2) is 4.98 Å². The molecule has 0 bridgehead atoms. The van der Waals surface area contributed by atoms with Crippen LogP contribution in [0.25, 0.3) is 0 Å². The number of amides is 1. The first kappa shape index (κ1) is 20.5. The third-order valence-corrected chi connectivity index (χ3v) is 4.51. The van der Waals surface area contributed by atoms with E-state index in [1.807, 2.05) is 6.92 Å². The minimum atomic E-state index is -0.335. The maximum Gasteiger partial charge on any atom is 0.262 e. The summed E-state index contributed by atoms with van der Waals surface area (Å²) >= 11 is 0. The Kier molecular flexibility index (Phi) is 6.58. The van der Waals surface area contributed by atoms with Crippen LogP contribution in [0.15, 0.2) is 18.2 Å². The van der Waals surface area contributed by atoms with Gasteiger partial charge in [0, 0.05) is 42.7 Å². The number of carbonyl (C=O) groups excluding carboxylic acids is 1. The highest BCUT2D eigenvalue weighted by atomic mass is 16.5. The van der Waals surface area contributed by atoms with Crippen molar-refractivity contribution in [3.8, 4) is 23.1 Å². The van der Waals surface area contributed by atoms with Gasteiger partial charge >= 0.3 is 0 Å². The average molecular weight is 402 g/mol. The zero-order valence-electron chi connectivity index (χ0n) is 17.2. The Balaban J connectivity index is 1.66. The third kappa shape index (κ3) is 4.98. The molecule has 2 heterocycles. The smallest absolute Gasteiger partial charge is 0.262 e. The predicted octanol–water partition coefficient (Wildman–Crippen LogP) is 2.43. The molecule has 1 N–H and O–H groups in total. The fourth-order valence-corrected chi connectivity index (χ4v) is 3.15. The van der Waals surface area contributed by atoms with Gasteiger partial charge in [-0.1, -0.05) is 0 Å². The number of hydrogen-bond acceptors (Lipinski definition) is 8. The van der Waals surface area contributed by atoms with Crippen molar-refractivity contribution in [1.29, 1.82) is 0 Å². The molecule has 0 atom stereocenters. The van der Waals surface area contributed by atoms with E-state index in [0.717, 1.165) is 31.6 Å². The summed E-state index contributed by atoms with van der Waals surface area (Å²) in [5.41, 5.74) is 1.30. The Morgan fingerprint density at radius 2 is 1.69 bits per heavy atom. The van der Waals surface area contributed by atoms with E-state index in [0.29, 0.717) is 34.8 Å². The second kappa shape index (κ2) is 9.31. The number of methoxy groups -OCH3 is 3. The Morgan fingerprint density at radius 3 is 2.28 bits per heavy atom. The van der Waals surface area contributed by atoms with Gasteiger partial charge in [0.1, 0.15) is 0 Å². The third-order valence-electron chi connectivity index (χ3n) is 4.51. The lowest BCUT2D eigenvalue weighted by molar-refractivity contribution is -0.118. The number of nitrogens with zero attached hydrogens (tertiary/aromatic N) is 3. The van der Waals surface area contributed by atoms with E-state index in [1.54, 1.807) is 18.2 Å². The van der Waals surface area contributed by atoms with Gasteiger partial charge in [0.05, 0.1) is 21.3 Å². The van der Waals surface area contributed by atoms with Gasteiger partial charge in [-0.3, -0.25) is 4.79 Å². The molecular weight excluding hydrogens is 376 g/mol. The Labute approximate surface area is 169 Å². The lowest BCUT2D eigenvalue weighted by Crippen LogP contribution is -2.23. The Morgan fingerprint density at radius 1 is 1.03 bits per heavy atom. The normalized spacial score (nSPS) is 13.2. The molecule has 9 nitrogen and oxygen atoms in total. The van der Waals surface area contributed by atoms with Crippen LogP contribution >= 0.6 is 0 Å². The maximum atomic E-state index is 12.4. The van der Waals surface area contributed by atoms with Crippen LogP contribution < -0.4 is 29.2 Å². The molecule has 29 heavy (non-hydrogen) atoms. The Bertz CT molecular complexity index is 843. The monoisotopic (exact) mass is 402 g/mol. The van der Waals surface area contributed by atoms with Crippen LogP contribution in [0.2, 0.25) is 0 Å². The Hall–Kier alpha value is -3.23. The molecule has 0 radical (unpaired) electrons. The number of aromatic nitrogens is 2. The van der Waals surface area contributed by atoms with Crippen LogP contribution in [0.4, 0.5) is 11.6 Å². The molecule has 1 fully saturated rings. The molecule has 0 saturated carbocycles. The number of anilines is 2. The highest BCUT2D eigenvalue weighted by Gasteiger charge is 2.17. The zero-order chi connectivity index (χ0) is 20.8. The van der Waals surface area contributed by atoms with Gasteiger partial charge in [0.25, 0.3) is 5.91 Å². The minimum Gasteiger partial charge on any atom is -0.493 e. The van der Waals surface area contributed by atoms with Crippen LogP contribution in [-0.4, -0.2) is 56.9 Å². The van der Waals surface area contributed by atoms with Crippen molar-refractivity contribution in [2.75, 3.05) is 51.2 Å². The second-order valence-corrected chi connectivity index (χ2v) is 6.59. The van der Waals surface area contributed by atoms with E-state index < -0.39 is 0 Å². The molecule has 0 unspecified atom stereocenters. The molecule has 0 spiro atoms. The van der Waals surface area contributed by atoms with Crippen LogP contribution in [0.1, 0.15) is 18.5 Å². The fourth-order valence-electron chi connectivity index (χ4n) is 3.15. The summed E-state index contributed by atoms with van der Waals surface area (Å²) in [5.74, 6) is 2.03. The van der Waals surface area contributed by atoms with E-state index in [4.69, 9.17) is 18.9 Å². The highest BCUT2D eigenvalue weighted by molar-refractivity contribution is 5.92. The molecule has 3 rings (SSSR count). The number of ether oxygens (including phenoxy) is 4. The molecule has 1 saturated heterocycles. The number of carbonyl (C=O) groups is 1. The van der Waals surface area contributed by atoms with Crippen molar-refractivity contribution in [2.24, 2.45) is 0 Å². The lowest BCUT2D eigenvalue weighted by Gasteiger charge is -2.17. The predicted molar refractivity (Wildman–Crippen MR) is 108 cm³/mol. The highest BCUT2D eigenvalue weighted by Crippen LogP contribution is 2.39. The summed E-state index contributed by atoms with van der Waals surface area (Å²) in [6, 6.07) is 5.02. The number of benzene rings is 1. The van der Waals surface area contributed by atoms with Crippen molar-refractivity contribution in [3.63, 3.8) is 0 Å². The zero-order valence-corrected chi connectivity index (χ0v) is 17.2. The molecule has 1 aromatic carbocycles. The van der Waals surface area contributed by atoms with Crippen molar-refractivity contribution >= 4 is 17.5 Å². The number of nitrogens with one attached hydrogen (secondary N) is 1. The summed E-state index contributed by atoms with van der Waals surface area (Å²) in [6.07, 6.45) is 2.26. The van der Waals surface area contributed by atoms with E-state index in [1.165, 1.54) is 21.3 Å². The van der Waals surface area contributed by atoms with E-state index in [2.05, 4.69) is 20.2 Å². The molecule has 1 aliphatic rings. The SMILES string of the molecule is COc1cc(NC(=O)COc2cc(C)nc(N3CCCC3)n2)cc(OC)c1OC. The molecule has 156 valence electrons. The standard InChI is InChI=1S/C20H26N4O5/c1-13-9-18(23-20(21-13)24-7-5-6-8-24)29-12-17(25)22-14-10-15(26-2)19(28-4)16(11-14)27-3/h9-11H,5-8,12H2,1-4H3,(H,22,25). The van der Waals surface area contributed by atoms with E-state index in [9.17, 15) is 4.79 Å². The summed E-state index contributed by atoms with van der Waals surface area (Å²) in [5, 5.41) is 2.76.